The molecule has 3 aliphatic carbocycles. The van der Waals surface area contributed by atoms with Gasteiger partial charge >= 0.3 is 0 Å². The van der Waals surface area contributed by atoms with Crippen molar-refractivity contribution in [3.05, 3.63) is 0 Å². The maximum absolute atomic E-state index is 11.8. The normalized spacial score (nSPS) is 41.0. The van der Waals surface area contributed by atoms with E-state index in [-0.39, 0.29) is 5.41 Å². The summed E-state index contributed by atoms with van der Waals surface area (Å²) >= 11 is 0. The number of hydrogen-bond donors (Lipinski definition) is 0. The largest absolute Gasteiger partial charge is 0.348 e. The lowest BCUT2D eigenvalue weighted by Crippen LogP contribution is -2.69. The van der Waals surface area contributed by atoms with Crippen LogP contribution >= 0.6 is 0 Å². The van der Waals surface area contributed by atoms with Gasteiger partial charge in [0, 0.05) is 14.1 Å². The van der Waals surface area contributed by atoms with Crippen molar-refractivity contribution in [2.24, 2.45) is 16.7 Å². The van der Waals surface area contributed by atoms with Crippen molar-refractivity contribution in [2.45, 2.75) is 33.1 Å². The van der Waals surface area contributed by atoms with Crippen LogP contribution in [0.3, 0.4) is 0 Å². The third-order valence-electron chi connectivity index (χ3n) is 4.16. The second-order valence-electron chi connectivity index (χ2n) is 5.53. The molecule has 74 valence electrons. The van der Waals surface area contributed by atoms with Crippen LogP contribution in [0.25, 0.3) is 0 Å². The van der Waals surface area contributed by atoms with E-state index in [0.29, 0.717) is 11.3 Å². The first-order valence-electron chi connectivity index (χ1n) is 5.14. The van der Waals surface area contributed by atoms with Crippen LogP contribution in [0.5, 0.6) is 0 Å². The summed E-state index contributed by atoms with van der Waals surface area (Å²) in [5, 5.41) is 0. The number of hydrogen-bond acceptors (Lipinski definition) is 1. The van der Waals surface area contributed by atoms with Gasteiger partial charge < -0.3 is 4.90 Å². The van der Waals surface area contributed by atoms with Gasteiger partial charge in [0.25, 0.3) is 0 Å². The monoisotopic (exact) mass is 181 g/mol. The van der Waals surface area contributed by atoms with Crippen molar-refractivity contribution in [3.63, 3.8) is 0 Å². The van der Waals surface area contributed by atoms with Crippen molar-refractivity contribution in [3.8, 4) is 0 Å². The molecule has 0 saturated heterocycles. The van der Waals surface area contributed by atoms with E-state index in [1.807, 2.05) is 14.1 Å². The van der Waals surface area contributed by atoms with E-state index in [4.69, 9.17) is 0 Å². The molecule has 0 aromatic rings. The van der Waals surface area contributed by atoms with Crippen LogP contribution in [0.15, 0.2) is 0 Å². The Morgan fingerprint density at radius 2 is 1.69 bits per heavy atom. The molecule has 0 spiro atoms. The minimum atomic E-state index is 0.0772. The van der Waals surface area contributed by atoms with E-state index >= 15 is 0 Å². The Hall–Kier alpha value is -0.530. The zero-order valence-corrected chi connectivity index (χ0v) is 9.05. The van der Waals surface area contributed by atoms with E-state index in [1.54, 1.807) is 4.90 Å². The summed E-state index contributed by atoms with van der Waals surface area (Å²) < 4.78 is 0. The number of rotatable bonds is 2. The Labute approximate surface area is 80.3 Å². The average molecular weight is 181 g/mol. The fourth-order valence-electron chi connectivity index (χ4n) is 3.18. The van der Waals surface area contributed by atoms with E-state index in [0.717, 1.165) is 25.2 Å². The van der Waals surface area contributed by atoms with Gasteiger partial charge in [-0.15, -0.1) is 0 Å². The maximum atomic E-state index is 11.8. The summed E-state index contributed by atoms with van der Waals surface area (Å²) in [6, 6.07) is 0. The fraction of sp³-hybridized carbons (Fsp3) is 0.909. The first-order chi connectivity index (χ1) is 5.92. The van der Waals surface area contributed by atoms with Crippen molar-refractivity contribution in [1.82, 2.24) is 4.90 Å². The van der Waals surface area contributed by atoms with E-state index < -0.39 is 0 Å². The Morgan fingerprint density at radius 1 is 1.23 bits per heavy atom. The summed E-state index contributed by atoms with van der Waals surface area (Å²) in [4.78, 5) is 13.5. The molecule has 3 aliphatic rings. The van der Waals surface area contributed by atoms with Crippen molar-refractivity contribution in [2.75, 3.05) is 14.1 Å². The molecule has 0 N–H and O–H groups in total. The van der Waals surface area contributed by atoms with E-state index in [1.165, 1.54) is 0 Å². The molecule has 0 aliphatic heterocycles. The van der Waals surface area contributed by atoms with Crippen LogP contribution in [0.2, 0.25) is 0 Å². The predicted octanol–water partition coefficient (Wildman–Crippen LogP) is 1.90. The molecule has 2 bridgehead atoms. The van der Waals surface area contributed by atoms with Gasteiger partial charge in [-0.25, -0.2) is 0 Å². The molecule has 0 unspecified atom stereocenters. The second kappa shape index (κ2) is 2.28. The SMILES string of the molecule is CC(C)C12CC(C(=O)N(C)C)(C1)C2. The van der Waals surface area contributed by atoms with Crippen LogP contribution in [0, 0.1) is 16.7 Å². The minimum Gasteiger partial charge on any atom is -0.348 e. The molecular weight excluding hydrogens is 162 g/mol. The van der Waals surface area contributed by atoms with Gasteiger partial charge in [-0.1, -0.05) is 13.8 Å². The molecule has 1 amide bonds. The van der Waals surface area contributed by atoms with Gasteiger partial charge in [0.15, 0.2) is 0 Å². The standard InChI is InChI=1S/C11H19NO/c1-8(2)10-5-11(6-10,7-10)9(13)12(3)4/h8H,5-7H2,1-4H3. The van der Waals surface area contributed by atoms with Crippen LogP contribution in [-0.2, 0) is 4.79 Å². The number of carbonyl (C=O) groups excluding carboxylic acids is 1. The molecule has 0 radical (unpaired) electrons. The van der Waals surface area contributed by atoms with Gasteiger partial charge in [0.1, 0.15) is 0 Å². The zero-order chi connectivity index (χ0) is 9.85. The van der Waals surface area contributed by atoms with Gasteiger partial charge in [0.2, 0.25) is 5.91 Å². The highest BCUT2D eigenvalue weighted by Crippen LogP contribution is 2.76. The fourth-order valence-corrected chi connectivity index (χ4v) is 3.18. The molecule has 0 aromatic heterocycles. The maximum Gasteiger partial charge on any atom is 0.228 e. The number of carbonyl (C=O) groups is 1. The molecule has 13 heavy (non-hydrogen) atoms. The van der Waals surface area contributed by atoms with Crippen molar-refractivity contribution in [1.29, 1.82) is 0 Å². The summed E-state index contributed by atoms with van der Waals surface area (Å²) in [6.45, 7) is 4.56. The lowest BCUT2D eigenvalue weighted by molar-refractivity contribution is -0.231. The molecule has 0 atom stereocenters. The summed E-state index contributed by atoms with van der Waals surface area (Å²) in [5.41, 5.74) is 0.624. The molecule has 0 aromatic carbocycles. The first kappa shape index (κ1) is 9.04. The molecular formula is C11H19NO. The van der Waals surface area contributed by atoms with Gasteiger partial charge in [-0.2, -0.15) is 0 Å². The third kappa shape index (κ3) is 0.918. The molecule has 3 fully saturated rings. The number of nitrogens with zero attached hydrogens (tertiary/aromatic N) is 1. The lowest BCUT2D eigenvalue weighted by atomic mass is 9.32. The summed E-state index contributed by atoms with van der Waals surface area (Å²) in [5.74, 6) is 1.11. The van der Waals surface area contributed by atoms with Gasteiger partial charge in [-0.3, -0.25) is 4.79 Å². The van der Waals surface area contributed by atoms with Crippen LogP contribution in [0.4, 0.5) is 0 Å². The smallest absolute Gasteiger partial charge is 0.228 e. The minimum absolute atomic E-state index is 0.0772. The van der Waals surface area contributed by atoms with Crippen molar-refractivity contribution < 1.29 is 4.79 Å². The Kier molecular flexibility index (Phi) is 1.59. The highest BCUT2D eigenvalue weighted by atomic mass is 16.2. The summed E-state index contributed by atoms with van der Waals surface area (Å²) in [7, 11) is 3.73. The van der Waals surface area contributed by atoms with Crippen molar-refractivity contribution >= 4 is 5.91 Å². The third-order valence-corrected chi connectivity index (χ3v) is 4.16. The molecule has 2 nitrogen and oxygen atoms in total. The highest BCUT2D eigenvalue weighted by Gasteiger charge is 2.72. The topological polar surface area (TPSA) is 20.3 Å². The quantitative estimate of drug-likeness (QED) is 0.637. The molecule has 0 heterocycles. The molecule has 3 rings (SSSR count). The predicted molar refractivity (Wildman–Crippen MR) is 52.2 cm³/mol. The van der Waals surface area contributed by atoms with Crippen LogP contribution in [-0.4, -0.2) is 24.9 Å². The second-order valence-corrected chi connectivity index (χ2v) is 5.53. The van der Waals surface area contributed by atoms with Crippen LogP contribution in [0.1, 0.15) is 33.1 Å². The summed E-state index contributed by atoms with van der Waals surface area (Å²) in [6.07, 6.45) is 3.44. The molecule has 3 saturated carbocycles. The van der Waals surface area contributed by atoms with Crippen LogP contribution < -0.4 is 0 Å². The lowest BCUT2D eigenvalue weighted by Gasteiger charge is -2.72. The zero-order valence-electron chi connectivity index (χ0n) is 9.05. The highest BCUT2D eigenvalue weighted by molar-refractivity contribution is 5.86. The van der Waals surface area contributed by atoms with Gasteiger partial charge in [-0.05, 0) is 30.6 Å². The Morgan fingerprint density at radius 3 is 2.00 bits per heavy atom. The average Bonchev–Trinajstić information content (AvgIpc) is 1.79. The Bertz CT molecular complexity index is 235. The Balaban J connectivity index is 2.00. The van der Waals surface area contributed by atoms with Gasteiger partial charge in [0.05, 0.1) is 5.41 Å². The first-order valence-corrected chi connectivity index (χ1v) is 5.14. The molecule has 2 heteroatoms. The van der Waals surface area contributed by atoms with E-state index in [2.05, 4.69) is 13.8 Å². The number of amides is 1. The van der Waals surface area contributed by atoms with E-state index in [9.17, 15) is 4.79 Å².